The fraction of sp³-hybridized carbons (Fsp3) is 0.474. The first-order valence-electron chi connectivity index (χ1n) is 9.08. The van der Waals surface area contributed by atoms with E-state index in [1.54, 1.807) is 24.3 Å². The second-order valence-electron chi connectivity index (χ2n) is 7.32. The Morgan fingerprint density at radius 3 is 2.50 bits per heavy atom. The normalized spacial score (nSPS) is 20.8. The summed E-state index contributed by atoms with van der Waals surface area (Å²) in [5.74, 6) is -0.302. The summed E-state index contributed by atoms with van der Waals surface area (Å²) in [6, 6.07) is 6.57. The summed E-state index contributed by atoms with van der Waals surface area (Å²) in [4.78, 5) is 19.2. The fourth-order valence-electron chi connectivity index (χ4n) is 3.30. The first-order chi connectivity index (χ1) is 13.2. The van der Waals surface area contributed by atoms with Gasteiger partial charge in [-0.1, -0.05) is 12.1 Å². The van der Waals surface area contributed by atoms with Crippen molar-refractivity contribution in [1.29, 1.82) is 0 Å². The zero-order chi connectivity index (χ0) is 20.3. The number of nitrogens with zero attached hydrogens (tertiary/aromatic N) is 2. The molecule has 1 aromatic carbocycles. The van der Waals surface area contributed by atoms with Crippen LogP contribution in [0.2, 0.25) is 0 Å². The number of anilines is 1. The molecule has 2 atom stereocenters. The molecule has 1 fully saturated rings. The zero-order valence-corrected chi connectivity index (χ0v) is 17.8. The van der Waals surface area contributed by atoms with Crippen molar-refractivity contribution >= 4 is 32.2 Å². The molecule has 2 aromatic rings. The highest BCUT2D eigenvalue weighted by Crippen LogP contribution is 2.20. The van der Waals surface area contributed by atoms with Crippen molar-refractivity contribution in [2.75, 3.05) is 24.7 Å². The lowest BCUT2D eigenvalue weighted by molar-refractivity contribution is -0.0707. The maximum absolute atomic E-state index is 12.4. The van der Waals surface area contributed by atoms with E-state index < -0.39 is 9.84 Å². The number of sulfone groups is 1. The Morgan fingerprint density at radius 2 is 1.89 bits per heavy atom. The lowest BCUT2D eigenvalue weighted by atomic mass is 10.1. The molecule has 0 bridgehead atoms. The van der Waals surface area contributed by atoms with Crippen molar-refractivity contribution < 1.29 is 17.9 Å². The molecule has 9 heteroatoms. The van der Waals surface area contributed by atoms with Crippen LogP contribution in [0.1, 0.15) is 35.5 Å². The second kappa shape index (κ2) is 8.69. The predicted octanol–water partition coefficient (Wildman–Crippen LogP) is 2.55. The summed E-state index contributed by atoms with van der Waals surface area (Å²) in [7, 11) is -3.10. The number of carbonyl (C=O) groups is 1. The molecule has 0 aliphatic carbocycles. The number of rotatable bonds is 6. The van der Waals surface area contributed by atoms with Crippen LogP contribution >= 0.6 is 11.3 Å². The van der Waals surface area contributed by atoms with Crippen LogP contribution in [0.4, 0.5) is 5.13 Å². The number of carbonyl (C=O) groups excluding carboxylic acids is 1. The van der Waals surface area contributed by atoms with Crippen LogP contribution in [-0.2, 0) is 26.9 Å². The molecular formula is C19H25N3O4S2. The van der Waals surface area contributed by atoms with Gasteiger partial charge in [-0.25, -0.2) is 13.4 Å². The Hall–Kier alpha value is -1.81. The first-order valence-corrected chi connectivity index (χ1v) is 12.0. The highest BCUT2D eigenvalue weighted by atomic mass is 32.2. The molecule has 0 saturated carbocycles. The number of benzene rings is 1. The van der Waals surface area contributed by atoms with Gasteiger partial charge in [-0.2, -0.15) is 0 Å². The fourth-order valence-corrected chi connectivity index (χ4v) is 4.80. The SMILES string of the molecule is CC1CN(Cc2csc(NC(=O)c3ccc(CS(C)(=O)=O)cc3)n2)CC(C)O1. The van der Waals surface area contributed by atoms with Crippen LogP contribution in [0.25, 0.3) is 0 Å². The minimum atomic E-state index is -3.10. The van der Waals surface area contributed by atoms with Crippen molar-refractivity contribution in [2.45, 2.75) is 38.4 Å². The lowest BCUT2D eigenvalue weighted by Crippen LogP contribution is -2.44. The van der Waals surface area contributed by atoms with Gasteiger partial charge in [-0.15, -0.1) is 11.3 Å². The molecule has 0 spiro atoms. The smallest absolute Gasteiger partial charge is 0.257 e. The van der Waals surface area contributed by atoms with Gasteiger partial charge in [0, 0.05) is 36.8 Å². The summed E-state index contributed by atoms with van der Waals surface area (Å²) < 4.78 is 28.4. The average Bonchev–Trinajstić information content (AvgIpc) is 2.99. The number of morpholine rings is 1. The zero-order valence-electron chi connectivity index (χ0n) is 16.2. The van der Waals surface area contributed by atoms with E-state index in [0.717, 1.165) is 25.3 Å². The minimum absolute atomic E-state index is 0.0382. The van der Waals surface area contributed by atoms with Crippen LogP contribution in [0.3, 0.4) is 0 Å². The van der Waals surface area contributed by atoms with Crippen LogP contribution in [-0.4, -0.2) is 55.8 Å². The third-order valence-electron chi connectivity index (χ3n) is 4.30. The predicted molar refractivity (Wildman–Crippen MR) is 110 cm³/mol. The van der Waals surface area contributed by atoms with E-state index in [0.29, 0.717) is 16.3 Å². The molecule has 1 aromatic heterocycles. The number of thiazole rings is 1. The van der Waals surface area contributed by atoms with Gasteiger partial charge in [0.25, 0.3) is 5.91 Å². The quantitative estimate of drug-likeness (QED) is 0.768. The molecule has 1 saturated heterocycles. The number of aromatic nitrogens is 1. The highest BCUT2D eigenvalue weighted by molar-refractivity contribution is 7.89. The van der Waals surface area contributed by atoms with Crippen LogP contribution in [0.15, 0.2) is 29.6 Å². The van der Waals surface area contributed by atoms with E-state index in [4.69, 9.17) is 4.74 Å². The Bertz CT molecular complexity index is 915. The maximum atomic E-state index is 12.4. The summed E-state index contributed by atoms with van der Waals surface area (Å²) in [5, 5.41) is 5.31. The van der Waals surface area contributed by atoms with E-state index in [1.165, 1.54) is 17.6 Å². The topological polar surface area (TPSA) is 88.6 Å². The largest absolute Gasteiger partial charge is 0.373 e. The molecule has 1 aliphatic heterocycles. The molecular weight excluding hydrogens is 398 g/mol. The Balaban J connectivity index is 1.58. The Kier molecular flexibility index (Phi) is 6.49. The van der Waals surface area contributed by atoms with Gasteiger partial charge < -0.3 is 4.74 Å². The third kappa shape index (κ3) is 6.10. The summed E-state index contributed by atoms with van der Waals surface area (Å²) in [6.45, 7) is 6.59. The highest BCUT2D eigenvalue weighted by Gasteiger charge is 2.22. The molecule has 1 aliphatic rings. The van der Waals surface area contributed by atoms with E-state index >= 15 is 0 Å². The van der Waals surface area contributed by atoms with Gasteiger partial charge in [0.1, 0.15) is 0 Å². The molecule has 7 nitrogen and oxygen atoms in total. The first kappa shape index (κ1) is 20.9. The number of nitrogens with one attached hydrogen (secondary N) is 1. The maximum Gasteiger partial charge on any atom is 0.257 e. The van der Waals surface area contributed by atoms with Crippen molar-refractivity contribution in [3.8, 4) is 0 Å². The Morgan fingerprint density at radius 1 is 1.25 bits per heavy atom. The van der Waals surface area contributed by atoms with Crippen LogP contribution in [0, 0.1) is 0 Å². The van der Waals surface area contributed by atoms with Gasteiger partial charge in [-0.3, -0.25) is 15.0 Å². The standard InChI is InChI=1S/C19H25N3O4S2/c1-13-8-22(9-14(2)26-13)10-17-11-27-19(20-17)21-18(23)16-6-4-15(5-7-16)12-28(3,24)25/h4-7,11,13-14H,8-10,12H2,1-3H3,(H,20,21,23). The third-order valence-corrected chi connectivity index (χ3v) is 5.96. The lowest BCUT2D eigenvalue weighted by Gasteiger charge is -2.34. The molecule has 2 unspecified atom stereocenters. The number of ether oxygens (including phenoxy) is 1. The number of amides is 1. The minimum Gasteiger partial charge on any atom is -0.373 e. The monoisotopic (exact) mass is 423 g/mol. The summed E-state index contributed by atoms with van der Waals surface area (Å²) in [5.41, 5.74) is 2.04. The van der Waals surface area contributed by atoms with Gasteiger partial charge >= 0.3 is 0 Å². The Labute approximate surface area is 169 Å². The van der Waals surface area contributed by atoms with Crippen molar-refractivity contribution in [1.82, 2.24) is 9.88 Å². The molecule has 3 rings (SSSR count). The molecule has 1 amide bonds. The number of hydrogen-bond acceptors (Lipinski definition) is 7. The molecule has 152 valence electrons. The molecule has 1 N–H and O–H groups in total. The number of hydrogen-bond donors (Lipinski definition) is 1. The van der Waals surface area contributed by atoms with Crippen molar-refractivity contribution in [3.05, 3.63) is 46.5 Å². The van der Waals surface area contributed by atoms with Gasteiger partial charge in [0.05, 0.1) is 23.7 Å². The van der Waals surface area contributed by atoms with Crippen molar-refractivity contribution in [2.24, 2.45) is 0 Å². The molecule has 28 heavy (non-hydrogen) atoms. The second-order valence-corrected chi connectivity index (χ2v) is 10.3. The van der Waals surface area contributed by atoms with Gasteiger partial charge in [0.15, 0.2) is 15.0 Å². The van der Waals surface area contributed by atoms with Gasteiger partial charge in [-0.05, 0) is 31.5 Å². The molecule has 2 heterocycles. The average molecular weight is 424 g/mol. The summed E-state index contributed by atoms with van der Waals surface area (Å²) >= 11 is 1.39. The van der Waals surface area contributed by atoms with Crippen molar-refractivity contribution in [3.63, 3.8) is 0 Å². The van der Waals surface area contributed by atoms with E-state index in [9.17, 15) is 13.2 Å². The summed E-state index contributed by atoms with van der Waals surface area (Å²) in [6.07, 6.45) is 1.59. The van der Waals surface area contributed by atoms with E-state index in [-0.39, 0.29) is 23.9 Å². The van der Waals surface area contributed by atoms with Crippen LogP contribution < -0.4 is 5.32 Å². The van der Waals surface area contributed by atoms with E-state index in [2.05, 4.69) is 29.0 Å². The van der Waals surface area contributed by atoms with Gasteiger partial charge in [0.2, 0.25) is 0 Å². The van der Waals surface area contributed by atoms with Crippen LogP contribution in [0.5, 0.6) is 0 Å². The van der Waals surface area contributed by atoms with E-state index in [1.807, 2.05) is 5.38 Å². The molecule has 0 radical (unpaired) electrons.